The van der Waals surface area contributed by atoms with Crippen LogP contribution in [0.1, 0.15) is 38.9 Å². The van der Waals surface area contributed by atoms with Crippen LogP contribution in [0.2, 0.25) is 0 Å². The van der Waals surface area contributed by atoms with Crippen molar-refractivity contribution in [2.45, 2.75) is 11.8 Å². The van der Waals surface area contributed by atoms with Crippen molar-refractivity contribution >= 4 is 43.9 Å². The van der Waals surface area contributed by atoms with Crippen LogP contribution in [0.3, 0.4) is 0 Å². The van der Waals surface area contributed by atoms with E-state index in [0.717, 1.165) is 22.4 Å². The maximum Gasteiger partial charge on any atom is 0.131 e. The standard InChI is InChI=1S/C65H44N2/c66-64(47-21-5-2-6-22-47)67-59(41-39-46-23-17-30-54-51-27-13-16-33-58(51)65(63(46)54)56-31-14-11-25-49(56)50-26-12-15-32-57(50)65)43-34-36-45(37-35-43)61-53-29-10-9-28-52(53)60(44-19-3-1-4-20-44)55-40-38-42-18-7-8-24-48(42)62(55)61/h1-38,40-41H,39H2,(H2,66,67)/b59-41-. The molecule has 11 aromatic rings. The number of allylic oxidation sites excluding steroid dienone is 1. The van der Waals surface area contributed by atoms with Crippen molar-refractivity contribution in [2.75, 3.05) is 0 Å². The summed E-state index contributed by atoms with van der Waals surface area (Å²) in [5.41, 5.74) is 25.9. The molecule has 2 aliphatic carbocycles. The Kier molecular flexibility index (Phi) is 9.01. The average molecular weight is 853 g/mol. The van der Waals surface area contributed by atoms with E-state index in [-0.39, 0.29) is 0 Å². The third-order valence-corrected chi connectivity index (χ3v) is 14.4. The van der Waals surface area contributed by atoms with Crippen LogP contribution in [0.25, 0.3) is 82.5 Å². The minimum atomic E-state index is -0.441. The van der Waals surface area contributed by atoms with Crippen LogP contribution in [0.15, 0.2) is 248 Å². The first kappa shape index (κ1) is 38.8. The number of hydrogen-bond donors (Lipinski definition) is 1. The Bertz CT molecular complexity index is 3760. The van der Waals surface area contributed by atoms with Crippen molar-refractivity contribution in [3.8, 4) is 44.5 Å². The lowest BCUT2D eigenvalue weighted by Gasteiger charge is -2.32. The summed E-state index contributed by atoms with van der Waals surface area (Å²) in [6.07, 6.45) is 2.95. The molecule has 2 N–H and O–H groups in total. The number of benzene rings is 11. The summed E-state index contributed by atoms with van der Waals surface area (Å²) in [5, 5.41) is 7.42. The van der Waals surface area contributed by atoms with Gasteiger partial charge in [-0.25, -0.2) is 4.99 Å². The lowest BCUT2D eigenvalue weighted by Crippen LogP contribution is -2.27. The highest BCUT2D eigenvalue weighted by Gasteiger charge is 2.52. The van der Waals surface area contributed by atoms with Crippen molar-refractivity contribution < 1.29 is 0 Å². The first-order chi connectivity index (χ1) is 33.2. The summed E-state index contributed by atoms with van der Waals surface area (Å²) in [5.74, 6) is 0.483. The highest BCUT2D eigenvalue weighted by molar-refractivity contribution is 6.28. The fraction of sp³-hybridized carbons (Fsp3) is 0.0308. The SMILES string of the molecule is NC(=N/C(=C\Cc1cccc2c1C1(c3ccccc3-c3ccccc31)c1ccccc1-2)c1ccc(-c2c3ccccc3c(-c3ccccc3)c3ccc4ccccc4c23)cc1)c1ccccc1. The second kappa shape index (κ2) is 15.5. The predicted octanol–water partition coefficient (Wildman–Crippen LogP) is 15.8. The van der Waals surface area contributed by atoms with E-state index in [9.17, 15) is 0 Å². The number of amidine groups is 1. The van der Waals surface area contributed by atoms with Crippen LogP contribution >= 0.6 is 0 Å². The van der Waals surface area contributed by atoms with Crippen LogP contribution < -0.4 is 5.73 Å². The fourth-order valence-corrected chi connectivity index (χ4v) is 11.6. The first-order valence-corrected chi connectivity index (χ1v) is 23.2. The molecular formula is C65H44N2. The van der Waals surface area contributed by atoms with Crippen LogP contribution in [-0.2, 0) is 11.8 Å². The number of aliphatic imine (C=N–C) groups is 1. The molecule has 0 aromatic heterocycles. The van der Waals surface area contributed by atoms with E-state index in [4.69, 9.17) is 10.7 Å². The van der Waals surface area contributed by atoms with Crippen LogP contribution in [-0.4, -0.2) is 5.84 Å². The molecular weight excluding hydrogens is 809 g/mol. The Balaban J connectivity index is 0.994. The molecule has 0 bridgehead atoms. The predicted molar refractivity (Wildman–Crippen MR) is 281 cm³/mol. The highest BCUT2D eigenvalue weighted by Crippen LogP contribution is 2.63. The zero-order valence-corrected chi connectivity index (χ0v) is 36.8. The molecule has 0 unspecified atom stereocenters. The minimum Gasteiger partial charge on any atom is -0.383 e. The Morgan fingerprint density at radius 1 is 0.403 bits per heavy atom. The molecule has 1 spiro atoms. The smallest absolute Gasteiger partial charge is 0.131 e. The van der Waals surface area contributed by atoms with E-state index >= 15 is 0 Å². The zero-order chi connectivity index (χ0) is 44.5. The van der Waals surface area contributed by atoms with Gasteiger partial charge in [-0.15, -0.1) is 0 Å². The van der Waals surface area contributed by atoms with Gasteiger partial charge in [0.15, 0.2) is 0 Å². The molecule has 2 heteroatoms. The largest absolute Gasteiger partial charge is 0.383 e. The molecule has 0 fully saturated rings. The van der Waals surface area contributed by atoms with Gasteiger partial charge >= 0.3 is 0 Å². The van der Waals surface area contributed by atoms with E-state index < -0.39 is 5.41 Å². The lowest BCUT2D eigenvalue weighted by atomic mass is 9.69. The maximum atomic E-state index is 6.92. The molecule has 314 valence electrons. The number of nitrogens with zero attached hydrogens (tertiary/aromatic N) is 1. The van der Waals surface area contributed by atoms with Gasteiger partial charge in [0.05, 0.1) is 11.1 Å². The first-order valence-electron chi connectivity index (χ1n) is 23.2. The molecule has 0 amide bonds. The van der Waals surface area contributed by atoms with Crippen LogP contribution in [0, 0.1) is 0 Å². The van der Waals surface area contributed by atoms with Gasteiger partial charge in [-0.05, 0) is 117 Å². The molecule has 13 rings (SSSR count). The summed E-state index contributed by atoms with van der Waals surface area (Å²) in [4.78, 5) is 5.27. The van der Waals surface area contributed by atoms with Gasteiger partial charge in [0.1, 0.15) is 5.84 Å². The van der Waals surface area contributed by atoms with Gasteiger partial charge in [-0.2, -0.15) is 0 Å². The molecule has 67 heavy (non-hydrogen) atoms. The molecule has 0 aliphatic heterocycles. The molecule has 0 radical (unpaired) electrons. The van der Waals surface area contributed by atoms with Gasteiger partial charge in [0.25, 0.3) is 0 Å². The van der Waals surface area contributed by atoms with Crippen molar-refractivity contribution in [1.82, 2.24) is 0 Å². The zero-order valence-electron chi connectivity index (χ0n) is 36.8. The van der Waals surface area contributed by atoms with Gasteiger partial charge in [-0.3, -0.25) is 0 Å². The van der Waals surface area contributed by atoms with Gasteiger partial charge in [-0.1, -0.05) is 243 Å². The quantitative estimate of drug-likeness (QED) is 0.0738. The topological polar surface area (TPSA) is 38.4 Å². The second-order valence-corrected chi connectivity index (χ2v) is 17.8. The van der Waals surface area contributed by atoms with Crippen LogP contribution in [0.4, 0.5) is 0 Å². The van der Waals surface area contributed by atoms with Crippen molar-refractivity contribution in [1.29, 1.82) is 0 Å². The number of hydrogen-bond acceptors (Lipinski definition) is 1. The Morgan fingerprint density at radius 2 is 0.925 bits per heavy atom. The maximum absolute atomic E-state index is 6.92. The van der Waals surface area contributed by atoms with E-state index in [1.165, 1.54) is 99.1 Å². The molecule has 11 aromatic carbocycles. The van der Waals surface area contributed by atoms with E-state index in [0.29, 0.717) is 12.3 Å². The Hall–Kier alpha value is -8.59. The average Bonchev–Trinajstić information content (AvgIpc) is 3.87. The number of rotatable bonds is 7. The molecule has 2 nitrogen and oxygen atoms in total. The summed E-state index contributed by atoms with van der Waals surface area (Å²) in [6, 6.07) is 86.1. The van der Waals surface area contributed by atoms with Crippen molar-refractivity contribution in [3.63, 3.8) is 0 Å². The third kappa shape index (κ3) is 5.93. The molecule has 0 saturated heterocycles. The summed E-state index contributed by atoms with van der Waals surface area (Å²) in [6.45, 7) is 0. The van der Waals surface area contributed by atoms with Gasteiger partial charge < -0.3 is 5.73 Å². The summed E-state index contributed by atoms with van der Waals surface area (Å²) < 4.78 is 0. The molecule has 0 saturated carbocycles. The van der Waals surface area contributed by atoms with Gasteiger partial charge in [0.2, 0.25) is 0 Å². The highest BCUT2D eigenvalue weighted by atomic mass is 14.9. The minimum absolute atomic E-state index is 0.441. The molecule has 0 heterocycles. The van der Waals surface area contributed by atoms with Crippen molar-refractivity contribution in [2.24, 2.45) is 10.7 Å². The Labute approximate surface area is 390 Å². The lowest BCUT2D eigenvalue weighted by molar-refractivity contribution is 0.782. The Morgan fingerprint density at radius 3 is 1.60 bits per heavy atom. The van der Waals surface area contributed by atoms with Crippen molar-refractivity contribution in [3.05, 3.63) is 282 Å². The van der Waals surface area contributed by atoms with Gasteiger partial charge in [0, 0.05) is 5.56 Å². The molecule has 0 atom stereocenters. The second-order valence-electron chi connectivity index (χ2n) is 17.8. The number of nitrogens with two attached hydrogens (primary N) is 1. The third-order valence-electron chi connectivity index (χ3n) is 14.4. The van der Waals surface area contributed by atoms with Crippen LogP contribution in [0.5, 0.6) is 0 Å². The normalized spacial score (nSPS) is 13.5. The number of fused-ring (bicyclic) bond motifs is 14. The van der Waals surface area contributed by atoms with E-state index in [1.54, 1.807) is 0 Å². The summed E-state index contributed by atoms with van der Waals surface area (Å²) in [7, 11) is 0. The molecule has 2 aliphatic rings. The monoisotopic (exact) mass is 852 g/mol. The fourth-order valence-electron chi connectivity index (χ4n) is 11.6. The van der Waals surface area contributed by atoms with E-state index in [1.807, 2.05) is 30.3 Å². The summed E-state index contributed by atoms with van der Waals surface area (Å²) >= 11 is 0. The van der Waals surface area contributed by atoms with E-state index in [2.05, 4.69) is 212 Å².